The first-order valence-electron chi connectivity index (χ1n) is 9.61. The first kappa shape index (κ1) is 23.3. The third-order valence-corrected chi connectivity index (χ3v) is 4.04. The molecule has 0 saturated heterocycles. The Hall–Kier alpha value is -2.98. The van der Waals surface area contributed by atoms with E-state index in [0.29, 0.717) is 32.1 Å². The number of nitrogens with one attached hydrogen (secondary N) is 2. The quantitative estimate of drug-likeness (QED) is 0.447. The van der Waals surface area contributed by atoms with E-state index in [0.717, 1.165) is 17.8 Å². The molecule has 0 atom stereocenters. The van der Waals surface area contributed by atoms with Crippen LogP contribution in [0.3, 0.4) is 0 Å². The van der Waals surface area contributed by atoms with Crippen molar-refractivity contribution in [2.45, 2.75) is 39.5 Å². The number of rotatable bonds is 10. The Balaban J connectivity index is 1.97. The second-order valence-electron chi connectivity index (χ2n) is 6.31. The molecule has 0 unspecified atom stereocenters. The van der Waals surface area contributed by atoms with Crippen molar-refractivity contribution in [1.29, 1.82) is 0 Å². The molecule has 30 heavy (non-hydrogen) atoms. The highest BCUT2D eigenvalue weighted by Crippen LogP contribution is 2.30. The number of benzene rings is 1. The highest BCUT2D eigenvalue weighted by molar-refractivity contribution is 5.79. The summed E-state index contributed by atoms with van der Waals surface area (Å²) in [7, 11) is 1.38. The number of hydrogen-bond acceptors (Lipinski definition) is 5. The van der Waals surface area contributed by atoms with E-state index in [1.165, 1.54) is 13.2 Å². The Kier molecular flexibility index (Phi) is 8.75. The standard InChI is InChI=1S/C19H27F3N6O2/c1-4-17-27-26-13-28(17)9-8-24-18(23-5-2)25-11-14-6-7-15(16(10-14)29-3)30-12-19(20,21)22/h6-7,10,13H,4-5,8-9,11-12H2,1-3H3,(H2,23,24,25). The lowest BCUT2D eigenvalue weighted by Gasteiger charge is -2.14. The predicted molar refractivity (Wildman–Crippen MR) is 107 cm³/mol. The van der Waals surface area contributed by atoms with Gasteiger partial charge in [0.2, 0.25) is 0 Å². The van der Waals surface area contributed by atoms with Gasteiger partial charge in [-0.3, -0.25) is 0 Å². The Bertz CT molecular complexity index is 823. The Morgan fingerprint density at radius 1 is 1.20 bits per heavy atom. The number of guanidine groups is 1. The van der Waals surface area contributed by atoms with Crippen LogP contribution in [0.15, 0.2) is 29.5 Å². The summed E-state index contributed by atoms with van der Waals surface area (Å²) in [4.78, 5) is 4.51. The lowest BCUT2D eigenvalue weighted by atomic mass is 10.2. The highest BCUT2D eigenvalue weighted by Gasteiger charge is 2.29. The number of aromatic nitrogens is 3. The van der Waals surface area contributed by atoms with Gasteiger partial charge in [-0.05, 0) is 24.6 Å². The number of hydrogen-bond donors (Lipinski definition) is 2. The number of methoxy groups -OCH3 is 1. The number of aliphatic imine (C=N–C) groups is 1. The fraction of sp³-hybridized carbons (Fsp3) is 0.526. The second-order valence-corrected chi connectivity index (χ2v) is 6.31. The van der Waals surface area contributed by atoms with Crippen molar-refractivity contribution >= 4 is 5.96 Å². The van der Waals surface area contributed by atoms with Gasteiger partial charge in [-0.1, -0.05) is 13.0 Å². The molecule has 1 aromatic heterocycles. The van der Waals surface area contributed by atoms with Gasteiger partial charge >= 0.3 is 6.18 Å². The lowest BCUT2D eigenvalue weighted by Crippen LogP contribution is -2.38. The molecule has 0 aliphatic rings. The molecule has 0 amide bonds. The van der Waals surface area contributed by atoms with Gasteiger partial charge in [0.05, 0.1) is 13.7 Å². The van der Waals surface area contributed by atoms with Gasteiger partial charge in [0.25, 0.3) is 0 Å². The number of halogens is 3. The first-order valence-corrected chi connectivity index (χ1v) is 9.61. The zero-order valence-electron chi connectivity index (χ0n) is 17.3. The summed E-state index contributed by atoms with van der Waals surface area (Å²) < 4.78 is 49.0. The van der Waals surface area contributed by atoms with Crippen molar-refractivity contribution < 1.29 is 22.6 Å². The van der Waals surface area contributed by atoms with Crippen LogP contribution in [0.2, 0.25) is 0 Å². The summed E-state index contributed by atoms with van der Waals surface area (Å²) in [6.45, 7) is 4.94. The van der Waals surface area contributed by atoms with Gasteiger partial charge in [0.15, 0.2) is 24.1 Å². The molecular weight excluding hydrogens is 401 g/mol. The van der Waals surface area contributed by atoms with Crippen LogP contribution in [0.25, 0.3) is 0 Å². The maximum Gasteiger partial charge on any atom is 0.422 e. The largest absolute Gasteiger partial charge is 0.493 e. The molecule has 2 aromatic rings. The fourth-order valence-corrected chi connectivity index (χ4v) is 2.64. The zero-order chi connectivity index (χ0) is 22.0. The Morgan fingerprint density at radius 2 is 2.00 bits per heavy atom. The summed E-state index contributed by atoms with van der Waals surface area (Å²) in [5.74, 6) is 1.80. The summed E-state index contributed by atoms with van der Waals surface area (Å²) >= 11 is 0. The minimum Gasteiger partial charge on any atom is -0.493 e. The van der Waals surface area contributed by atoms with E-state index in [-0.39, 0.29) is 11.5 Å². The van der Waals surface area contributed by atoms with Crippen molar-refractivity contribution in [1.82, 2.24) is 25.4 Å². The molecule has 2 rings (SSSR count). The van der Waals surface area contributed by atoms with Crippen LogP contribution < -0.4 is 20.1 Å². The van der Waals surface area contributed by atoms with Crippen molar-refractivity contribution in [2.24, 2.45) is 4.99 Å². The molecule has 0 aliphatic carbocycles. The molecule has 2 N–H and O–H groups in total. The molecule has 1 heterocycles. The molecular formula is C19H27F3N6O2. The average Bonchev–Trinajstić information content (AvgIpc) is 3.17. The Morgan fingerprint density at radius 3 is 2.67 bits per heavy atom. The minimum absolute atomic E-state index is 0.0354. The van der Waals surface area contributed by atoms with Crippen molar-refractivity contribution in [3.63, 3.8) is 0 Å². The van der Waals surface area contributed by atoms with Crippen molar-refractivity contribution in [3.05, 3.63) is 35.9 Å². The van der Waals surface area contributed by atoms with E-state index in [2.05, 4.69) is 25.8 Å². The van der Waals surface area contributed by atoms with Gasteiger partial charge < -0.3 is 24.7 Å². The van der Waals surface area contributed by atoms with E-state index < -0.39 is 12.8 Å². The molecule has 8 nitrogen and oxygen atoms in total. The molecule has 0 fully saturated rings. The van der Waals surface area contributed by atoms with Crippen LogP contribution in [0.5, 0.6) is 11.5 Å². The second kappa shape index (κ2) is 11.3. The van der Waals surface area contributed by atoms with Crippen molar-refractivity contribution in [2.75, 3.05) is 26.8 Å². The molecule has 0 bridgehead atoms. The highest BCUT2D eigenvalue weighted by atomic mass is 19.4. The van der Waals surface area contributed by atoms with E-state index in [1.54, 1.807) is 18.5 Å². The maximum absolute atomic E-state index is 12.4. The number of nitrogens with zero attached hydrogens (tertiary/aromatic N) is 4. The first-order chi connectivity index (χ1) is 14.4. The van der Waals surface area contributed by atoms with Gasteiger partial charge in [-0.25, -0.2) is 4.99 Å². The van der Waals surface area contributed by atoms with E-state index in [9.17, 15) is 13.2 Å². The summed E-state index contributed by atoms with van der Waals surface area (Å²) in [5, 5.41) is 14.4. The zero-order valence-corrected chi connectivity index (χ0v) is 17.3. The van der Waals surface area contributed by atoms with Crippen molar-refractivity contribution in [3.8, 4) is 11.5 Å². The fourth-order valence-electron chi connectivity index (χ4n) is 2.64. The number of alkyl halides is 3. The number of ether oxygens (including phenoxy) is 2. The third kappa shape index (κ3) is 7.45. The normalized spacial score (nSPS) is 12.0. The predicted octanol–water partition coefficient (Wildman–Crippen LogP) is 2.55. The van der Waals surface area contributed by atoms with Gasteiger partial charge in [0, 0.05) is 26.1 Å². The molecule has 0 saturated carbocycles. The molecule has 1 aromatic carbocycles. The smallest absolute Gasteiger partial charge is 0.422 e. The summed E-state index contributed by atoms with van der Waals surface area (Å²) in [6.07, 6.45) is -1.91. The topological polar surface area (TPSA) is 85.6 Å². The van der Waals surface area contributed by atoms with Crippen LogP contribution in [-0.2, 0) is 19.5 Å². The lowest BCUT2D eigenvalue weighted by molar-refractivity contribution is -0.153. The third-order valence-electron chi connectivity index (χ3n) is 4.04. The van der Waals surface area contributed by atoms with Gasteiger partial charge in [0.1, 0.15) is 12.2 Å². The van der Waals surface area contributed by atoms with E-state index in [4.69, 9.17) is 9.47 Å². The minimum atomic E-state index is -4.41. The van der Waals surface area contributed by atoms with Crippen LogP contribution >= 0.6 is 0 Å². The van der Waals surface area contributed by atoms with E-state index in [1.807, 2.05) is 18.4 Å². The molecule has 0 spiro atoms. The summed E-state index contributed by atoms with van der Waals surface area (Å²) in [5.41, 5.74) is 0.774. The SMILES string of the molecule is CCNC(=NCc1ccc(OCC(F)(F)F)c(OC)c1)NCCn1cnnc1CC. The Labute approximate surface area is 173 Å². The molecule has 0 aliphatic heterocycles. The van der Waals surface area contributed by atoms with Crippen LogP contribution in [0.4, 0.5) is 13.2 Å². The number of aryl methyl sites for hydroxylation is 1. The maximum atomic E-state index is 12.4. The van der Waals surface area contributed by atoms with E-state index >= 15 is 0 Å². The molecule has 11 heteroatoms. The van der Waals surface area contributed by atoms with Crippen LogP contribution in [0.1, 0.15) is 25.2 Å². The molecule has 0 radical (unpaired) electrons. The average molecular weight is 428 g/mol. The molecule has 166 valence electrons. The van der Waals surface area contributed by atoms with Gasteiger partial charge in [-0.2, -0.15) is 13.2 Å². The van der Waals surface area contributed by atoms with Crippen LogP contribution in [0, 0.1) is 0 Å². The van der Waals surface area contributed by atoms with Gasteiger partial charge in [-0.15, -0.1) is 10.2 Å². The monoisotopic (exact) mass is 428 g/mol. The summed E-state index contributed by atoms with van der Waals surface area (Å²) in [6, 6.07) is 4.73. The van der Waals surface area contributed by atoms with Crippen LogP contribution in [-0.4, -0.2) is 53.7 Å².